The van der Waals surface area contributed by atoms with Crippen molar-refractivity contribution in [2.75, 3.05) is 0 Å². The molecule has 25 heavy (non-hydrogen) atoms. The molecule has 1 saturated heterocycles. The molecule has 3 aromatic rings. The number of carbonyl (C=O) groups excluding carboxylic acids is 1. The summed E-state index contributed by atoms with van der Waals surface area (Å²) in [6.07, 6.45) is 3.73. The number of furan rings is 1. The van der Waals surface area contributed by atoms with Crippen LogP contribution in [0.3, 0.4) is 0 Å². The standard InChI is InChI=1S/C19H15N3O2S/c23-18-17(11-14-7-3-6-13-5-1-2-9-16(13)14)25-19(21-18)22-20-12-15-8-4-10-24-15/h1-10,12,17H,11H2,(H,21,22,23). The van der Waals surface area contributed by atoms with Gasteiger partial charge in [-0.25, -0.2) is 0 Å². The molecule has 6 heteroatoms. The summed E-state index contributed by atoms with van der Waals surface area (Å²) in [5.41, 5.74) is 1.16. The lowest BCUT2D eigenvalue weighted by atomic mass is 10.0. The largest absolute Gasteiger partial charge is 0.463 e. The van der Waals surface area contributed by atoms with Crippen LogP contribution in [0.1, 0.15) is 11.3 Å². The van der Waals surface area contributed by atoms with Gasteiger partial charge in [0, 0.05) is 0 Å². The Morgan fingerprint density at radius 2 is 2.00 bits per heavy atom. The molecule has 2 heterocycles. The number of nitrogens with zero attached hydrogens (tertiary/aromatic N) is 2. The monoisotopic (exact) mass is 349 g/mol. The number of amides is 1. The van der Waals surface area contributed by atoms with Crippen molar-refractivity contribution in [3.05, 3.63) is 72.2 Å². The van der Waals surface area contributed by atoms with E-state index in [1.54, 1.807) is 18.4 Å². The summed E-state index contributed by atoms with van der Waals surface area (Å²) in [6, 6.07) is 17.9. The number of thioether (sulfide) groups is 1. The molecule has 1 aromatic heterocycles. The normalized spacial score (nSPS) is 19.1. The Kier molecular flexibility index (Phi) is 4.35. The molecule has 1 fully saturated rings. The second-order valence-corrected chi connectivity index (χ2v) is 6.79. The number of benzene rings is 2. The van der Waals surface area contributed by atoms with E-state index in [0.717, 1.165) is 5.56 Å². The Hall–Kier alpha value is -2.86. The third kappa shape index (κ3) is 3.49. The summed E-state index contributed by atoms with van der Waals surface area (Å²) in [7, 11) is 0. The molecule has 0 spiro atoms. The molecular formula is C19H15N3O2S. The fourth-order valence-electron chi connectivity index (χ4n) is 2.76. The van der Waals surface area contributed by atoms with Gasteiger partial charge in [-0.15, -0.1) is 5.10 Å². The fourth-order valence-corrected chi connectivity index (χ4v) is 3.71. The van der Waals surface area contributed by atoms with Gasteiger partial charge >= 0.3 is 0 Å². The molecule has 0 radical (unpaired) electrons. The SMILES string of the molecule is O=C1N/C(=N\N=Cc2ccco2)SC1Cc1cccc2ccccc12. The second-order valence-electron chi connectivity index (χ2n) is 5.60. The van der Waals surface area contributed by atoms with Crippen LogP contribution in [0.4, 0.5) is 0 Å². The van der Waals surface area contributed by atoms with Crippen LogP contribution in [0.25, 0.3) is 10.8 Å². The highest BCUT2D eigenvalue weighted by Gasteiger charge is 2.30. The molecule has 0 aliphatic carbocycles. The zero-order valence-corrected chi connectivity index (χ0v) is 14.1. The summed E-state index contributed by atoms with van der Waals surface area (Å²) in [5, 5.41) is 13.5. The van der Waals surface area contributed by atoms with Crippen LogP contribution in [0, 0.1) is 0 Å². The second kappa shape index (κ2) is 6.94. The Bertz CT molecular complexity index is 958. The molecule has 124 valence electrons. The minimum Gasteiger partial charge on any atom is -0.463 e. The molecule has 1 atom stereocenters. The molecule has 0 saturated carbocycles. The van der Waals surface area contributed by atoms with Crippen LogP contribution in [0.5, 0.6) is 0 Å². The van der Waals surface area contributed by atoms with Crippen LogP contribution in [0.15, 0.2) is 75.5 Å². The quantitative estimate of drug-likeness (QED) is 0.578. The van der Waals surface area contributed by atoms with Gasteiger partial charge in [0.15, 0.2) is 5.17 Å². The minimum atomic E-state index is -0.205. The summed E-state index contributed by atoms with van der Waals surface area (Å²) >= 11 is 1.40. The lowest BCUT2D eigenvalue weighted by Gasteiger charge is -2.09. The van der Waals surface area contributed by atoms with E-state index in [1.165, 1.54) is 28.7 Å². The van der Waals surface area contributed by atoms with Crippen molar-refractivity contribution >= 4 is 39.8 Å². The van der Waals surface area contributed by atoms with Gasteiger partial charge in [-0.1, -0.05) is 54.2 Å². The zero-order chi connectivity index (χ0) is 17.1. The van der Waals surface area contributed by atoms with Crippen LogP contribution >= 0.6 is 11.8 Å². The summed E-state index contributed by atoms with van der Waals surface area (Å²) in [6.45, 7) is 0. The maximum atomic E-state index is 12.2. The average Bonchev–Trinajstić information content (AvgIpc) is 3.26. The van der Waals surface area contributed by atoms with E-state index in [4.69, 9.17) is 4.42 Å². The smallest absolute Gasteiger partial charge is 0.239 e. The van der Waals surface area contributed by atoms with Crippen LogP contribution in [-0.4, -0.2) is 22.5 Å². The van der Waals surface area contributed by atoms with E-state index in [9.17, 15) is 4.79 Å². The van der Waals surface area contributed by atoms with E-state index in [-0.39, 0.29) is 11.2 Å². The number of fused-ring (bicyclic) bond motifs is 1. The molecule has 0 bridgehead atoms. The number of hydrogen-bond donors (Lipinski definition) is 1. The summed E-state index contributed by atoms with van der Waals surface area (Å²) < 4.78 is 5.15. The van der Waals surface area contributed by atoms with Gasteiger partial charge in [-0.05, 0) is 34.9 Å². The van der Waals surface area contributed by atoms with E-state index in [2.05, 4.69) is 39.8 Å². The highest BCUT2D eigenvalue weighted by atomic mass is 32.2. The maximum Gasteiger partial charge on any atom is 0.239 e. The van der Waals surface area contributed by atoms with E-state index < -0.39 is 0 Å². The Balaban J connectivity index is 1.49. The van der Waals surface area contributed by atoms with Crippen LogP contribution in [-0.2, 0) is 11.2 Å². The first-order valence-electron chi connectivity index (χ1n) is 7.88. The molecule has 1 aliphatic heterocycles. The lowest BCUT2D eigenvalue weighted by Crippen LogP contribution is -2.26. The Labute approximate surface area is 148 Å². The number of nitrogens with one attached hydrogen (secondary N) is 1. The van der Waals surface area contributed by atoms with Gasteiger partial charge in [0.2, 0.25) is 5.91 Å². The van der Waals surface area contributed by atoms with Gasteiger partial charge in [-0.2, -0.15) is 5.10 Å². The van der Waals surface area contributed by atoms with Crippen molar-refractivity contribution in [3.8, 4) is 0 Å². The lowest BCUT2D eigenvalue weighted by molar-refractivity contribution is -0.118. The Morgan fingerprint density at radius 3 is 2.88 bits per heavy atom. The first kappa shape index (κ1) is 15.7. The van der Waals surface area contributed by atoms with E-state index in [0.29, 0.717) is 17.3 Å². The van der Waals surface area contributed by atoms with Crippen molar-refractivity contribution in [1.82, 2.24) is 5.32 Å². The minimum absolute atomic E-state index is 0.0371. The number of carbonyl (C=O) groups is 1. The predicted molar refractivity (Wildman–Crippen MR) is 101 cm³/mol. The van der Waals surface area contributed by atoms with Gasteiger partial charge < -0.3 is 9.73 Å². The van der Waals surface area contributed by atoms with Crippen molar-refractivity contribution in [1.29, 1.82) is 0 Å². The van der Waals surface area contributed by atoms with Gasteiger partial charge in [0.1, 0.15) is 5.76 Å². The van der Waals surface area contributed by atoms with Crippen LogP contribution in [0.2, 0.25) is 0 Å². The summed E-state index contributed by atoms with van der Waals surface area (Å²) in [5.74, 6) is 0.580. The van der Waals surface area contributed by atoms with Crippen molar-refractivity contribution in [2.24, 2.45) is 10.2 Å². The molecule has 5 nitrogen and oxygen atoms in total. The number of amidine groups is 1. The molecular weight excluding hydrogens is 334 g/mol. The van der Waals surface area contributed by atoms with Crippen LogP contribution < -0.4 is 5.32 Å². The van der Waals surface area contributed by atoms with E-state index in [1.807, 2.05) is 18.2 Å². The fraction of sp³-hybridized carbons (Fsp3) is 0.105. The predicted octanol–water partition coefficient (Wildman–Crippen LogP) is 3.60. The zero-order valence-electron chi connectivity index (χ0n) is 13.3. The van der Waals surface area contributed by atoms with E-state index >= 15 is 0 Å². The summed E-state index contributed by atoms with van der Waals surface area (Å²) in [4.78, 5) is 12.2. The Morgan fingerprint density at radius 1 is 1.12 bits per heavy atom. The number of hydrogen-bond acceptors (Lipinski definition) is 5. The highest BCUT2D eigenvalue weighted by molar-refractivity contribution is 8.15. The van der Waals surface area contributed by atoms with Crippen molar-refractivity contribution < 1.29 is 9.21 Å². The topological polar surface area (TPSA) is 67.0 Å². The number of rotatable bonds is 4. The van der Waals surface area contributed by atoms with Crippen molar-refractivity contribution in [3.63, 3.8) is 0 Å². The molecule has 1 N–H and O–H groups in total. The molecule has 2 aromatic carbocycles. The molecule has 1 aliphatic rings. The maximum absolute atomic E-state index is 12.2. The molecule has 1 unspecified atom stereocenters. The average molecular weight is 349 g/mol. The third-order valence-electron chi connectivity index (χ3n) is 3.94. The third-order valence-corrected chi connectivity index (χ3v) is 5.01. The molecule has 4 rings (SSSR count). The highest BCUT2D eigenvalue weighted by Crippen LogP contribution is 2.27. The first-order valence-corrected chi connectivity index (χ1v) is 8.76. The first-order chi connectivity index (χ1) is 12.3. The van der Waals surface area contributed by atoms with Gasteiger partial charge in [0.25, 0.3) is 0 Å². The molecule has 1 amide bonds. The van der Waals surface area contributed by atoms with Gasteiger partial charge in [-0.3, -0.25) is 4.79 Å². The van der Waals surface area contributed by atoms with Crippen molar-refractivity contribution in [2.45, 2.75) is 11.7 Å². The van der Waals surface area contributed by atoms with Gasteiger partial charge in [0.05, 0.1) is 17.7 Å².